The van der Waals surface area contributed by atoms with E-state index in [0.29, 0.717) is 13.0 Å². The number of ether oxygens (including phenoxy) is 1. The van der Waals surface area contributed by atoms with Gasteiger partial charge in [0.05, 0.1) is 12.1 Å². The number of nitrogens with two attached hydrogens (primary N) is 1. The number of benzene rings is 2. The van der Waals surface area contributed by atoms with Crippen molar-refractivity contribution in [3.8, 4) is 5.75 Å². The van der Waals surface area contributed by atoms with Crippen molar-refractivity contribution in [1.82, 2.24) is 5.32 Å². The molecule has 3 rings (SSSR count). The fourth-order valence-electron chi connectivity index (χ4n) is 2.69. The number of carbonyl (C=O) groups excluding carboxylic acids is 1. The zero-order chi connectivity index (χ0) is 15.4. The van der Waals surface area contributed by atoms with Gasteiger partial charge in [0.25, 0.3) is 0 Å². The molecule has 1 heterocycles. The molecule has 0 saturated carbocycles. The highest BCUT2D eigenvalue weighted by molar-refractivity contribution is 5.85. The summed E-state index contributed by atoms with van der Waals surface area (Å²) >= 11 is 0. The largest absolute Gasteiger partial charge is 0.491 e. The quantitative estimate of drug-likeness (QED) is 0.901. The van der Waals surface area contributed by atoms with Crippen LogP contribution < -0.4 is 15.8 Å². The van der Waals surface area contributed by atoms with Crippen LogP contribution in [0.4, 0.5) is 0 Å². The lowest BCUT2D eigenvalue weighted by Crippen LogP contribution is -2.50. The second-order valence-corrected chi connectivity index (χ2v) is 5.62. The summed E-state index contributed by atoms with van der Waals surface area (Å²) in [6, 6.07) is 17.2. The standard InChI is InChI=1S/C18H20N2O2.ClH/c19-16(10-13-6-2-1-3-7-13)18(21)20-15-11-14-8-4-5-9-17(14)22-12-15;/h1-9,15-16H,10-12,19H2,(H,20,21);1H/t15?,16-;/m0./s1. The lowest BCUT2D eigenvalue weighted by molar-refractivity contribution is -0.123. The van der Waals surface area contributed by atoms with Crippen molar-refractivity contribution in [2.24, 2.45) is 5.73 Å². The summed E-state index contributed by atoms with van der Waals surface area (Å²) in [6.07, 6.45) is 1.32. The van der Waals surface area contributed by atoms with Gasteiger partial charge in [0, 0.05) is 0 Å². The molecule has 0 saturated heterocycles. The van der Waals surface area contributed by atoms with Crippen LogP contribution in [0.1, 0.15) is 11.1 Å². The Morgan fingerprint density at radius 2 is 1.87 bits per heavy atom. The number of rotatable bonds is 4. The van der Waals surface area contributed by atoms with Gasteiger partial charge < -0.3 is 15.8 Å². The Hall–Kier alpha value is -2.04. The molecule has 23 heavy (non-hydrogen) atoms. The van der Waals surface area contributed by atoms with Gasteiger partial charge in [-0.1, -0.05) is 48.5 Å². The van der Waals surface area contributed by atoms with Gasteiger partial charge in [-0.2, -0.15) is 0 Å². The van der Waals surface area contributed by atoms with Crippen LogP contribution in [0.3, 0.4) is 0 Å². The first-order chi connectivity index (χ1) is 10.7. The van der Waals surface area contributed by atoms with Gasteiger partial charge in [0.15, 0.2) is 0 Å². The third-order valence-electron chi connectivity index (χ3n) is 3.86. The molecular formula is C18H21ClN2O2. The Bertz CT molecular complexity index is 648. The Balaban J connectivity index is 0.00000192. The average Bonchev–Trinajstić information content (AvgIpc) is 2.55. The normalized spacial score (nSPS) is 17.2. The lowest BCUT2D eigenvalue weighted by Gasteiger charge is -2.27. The molecule has 0 aromatic heterocycles. The van der Waals surface area contributed by atoms with Gasteiger partial charge in [-0.05, 0) is 30.0 Å². The maximum atomic E-state index is 12.2. The van der Waals surface area contributed by atoms with Crippen molar-refractivity contribution in [3.63, 3.8) is 0 Å². The van der Waals surface area contributed by atoms with Crippen LogP contribution in [0.5, 0.6) is 5.75 Å². The van der Waals surface area contributed by atoms with E-state index in [1.807, 2.05) is 54.6 Å². The monoisotopic (exact) mass is 332 g/mol. The predicted octanol–water partition coefficient (Wildman–Crippen LogP) is 2.10. The van der Waals surface area contributed by atoms with Crippen LogP contribution in [0.15, 0.2) is 54.6 Å². The molecule has 2 aromatic rings. The van der Waals surface area contributed by atoms with E-state index in [-0.39, 0.29) is 24.4 Å². The molecule has 3 N–H and O–H groups in total. The molecule has 5 heteroatoms. The van der Waals surface area contributed by atoms with Crippen molar-refractivity contribution >= 4 is 18.3 Å². The van der Waals surface area contributed by atoms with E-state index >= 15 is 0 Å². The lowest BCUT2D eigenvalue weighted by atomic mass is 10.0. The summed E-state index contributed by atoms with van der Waals surface area (Å²) in [6.45, 7) is 0.487. The first-order valence-corrected chi connectivity index (χ1v) is 7.53. The summed E-state index contributed by atoms with van der Waals surface area (Å²) in [5.74, 6) is 0.776. The van der Waals surface area contributed by atoms with Gasteiger partial charge in [-0.15, -0.1) is 12.4 Å². The molecule has 4 nitrogen and oxygen atoms in total. The first kappa shape index (κ1) is 17.3. The molecule has 122 valence electrons. The van der Waals surface area contributed by atoms with E-state index in [4.69, 9.17) is 10.5 Å². The molecule has 0 bridgehead atoms. The van der Waals surface area contributed by atoms with E-state index in [9.17, 15) is 4.79 Å². The molecule has 2 aromatic carbocycles. The van der Waals surface area contributed by atoms with Crippen molar-refractivity contribution in [2.45, 2.75) is 24.9 Å². The number of hydrogen-bond donors (Lipinski definition) is 2. The fourth-order valence-corrected chi connectivity index (χ4v) is 2.69. The molecule has 0 spiro atoms. The highest BCUT2D eigenvalue weighted by Crippen LogP contribution is 2.23. The molecule has 0 radical (unpaired) electrons. The Kier molecular flexibility index (Phi) is 6.02. The van der Waals surface area contributed by atoms with Crippen molar-refractivity contribution in [2.75, 3.05) is 6.61 Å². The van der Waals surface area contributed by atoms with Crippen LogP contribution in [-0.2, 0) is 17.6 Å². The zero-order valence-corrected chi connectivity index (χ0v) is 13.6. The number of para-hydroxylation sites is 1. The van der Waals surface area contributed by atoms with E-state index in [0.717, 1.165) is 23.3 Å². The van der Waals surface area contributed by atoms with Crippen LogP contribution in [0.2, 0.25) is 0 Å². The molecule has 1 unspecified atom stereocenters. The molecule has 0 aliphatic carbocycles. The summed E-state index contributed by atoms with van der Waals surface area (Å²) in [5, 5.41) is 2.99. The van der Waals surface area contributed by atoms with Crippen LogP contribution in [-0.4, -0.2) is 24.6 Å². The van der Waals surface area contributed by atoms with E-state index in [2.05, 4.69) is 5.32 Å². The summed E-state index contributed by atoms with van der Waals surface area (Å²) in [4.78, 5) is 12.2. The SMILES string of the molecule is Cl.N[C@@H](Cc1ccccc1)C(=O)NC1COc2ccccc2C1. The van der Waals surface area contributed by atoms with Gasteiger partial charge >= 0.3 is 0 Å². The fraction of sp³-hybridized carbons (Fsp3) is 0.278. The number of nitrogens with one attached hydrogen (secondary N) is 1. The predicted molar refractivity (Wildman–Crippen MR) is 92.9 cm³/mol. The maximum absolute atomic E-state index is 12.2. The maximum Gasteiger partial charge on any atom is 0.237 e. The van der Waals surface area contributed by atoms with E-state index in [1.54, 1.807) is 0 Å². The van der Waals surface area contributed by atoms with Crippen molar-refractivity contribution in [1.29, 1.82) is 0 Å². The minimum Gasteiger partial charge on any atom is -0.491 e. The van der Waals surface area contributed by atoms with Crippen molar-refractivity contribution in [3.05, 3.63) is 65.7 Å². The Morgan fingerprint density at radius 3 is 2.65 bits per heavy atom. The average molecular weight is 333 g/mol. The second-order valence-electron chi connectivity index (χ2n) is 5.62. The third kappa shape index (κ3) is 4.47. The van der Waals surface area contributed by atoms with Crippen molar-refractivity contribution < 1.29 is 9.53 Å². The smallest absolute Gasteiger partial charge is 0.237 e. The second kappa shape index (κ2) is 7.99. The summed E-state index contributed by atoms with van der Waals surface area (Å²) in [5.41, 5.74) is 8.19. The Morgan fingerprint density at radius 1 is 1.17 bits per heavy atom. The number of fused-ring (bicyclic) bond motifs is 1. The van der Waals surface area contributed by atoms with Gasteiger partial charge in [0.1, 0.15) is 12.4 Å². The van der Waals surface area contributed by atoms with Gasteiger partial charge in [-0.3, -0.25) is 4.79 Å². The molecule has 1 aliphatic heterocycles. The van der Waals surface area contributed by atoms with Gasteiger partial charge in [0.2, 0.25) is 5.91 Å². The summed E-state index contributed by atoms with van der Waals surface area (Å²) in [7, 11) is 0. The molecule has 1 amide bonds. The van der Waals surface area contributed by atoms with Gasteiger partial charge in [-0.25, -0.2) is 0 Å². The highest BCUT2D eigenvalue weighted by atomic mass is 35.5. The Labute approximate surface area is 142 Å². The number of carbonyl (C=O) groups is 1. The van der Waals surface area contributed by atoms with Crippen LogP contribution in [0.25, 0.3) is 0 Å². The van der Waals surface area contributed by atoms with E-state index < -0.39 is 6.04 Å². The number of amides is 1. The first-order valence-electron chi connectivity index (χ1n) is 7.53. The molecule has 2 atom stereocenters. The summed E-state index contributed by atoms with van der Waals surface area (Å²) < 4.78 is 5.68. The minimum absolute atomic E-state index is 0. The minimum atomic E-state index is -0.542. The molecule has 1 aliphatic rings. The van der Waals surface area contributed by atoms with Crippen LogP contribution in [0, 0.1) is 0 Å². The van der Waals surface area contributed by atoms with Crippen LogP contribution >= 0.6 is 12.4 Å². The highest BCUT2D eigenvalue weighted by Gasteiger charge is 2.23. The zero-order valence-electron chi connectivity index (χ0n) is 12.8. The number of halogens is 1. The third-order valence-corrected chi connectivity index (χ3v) is 3.86. The molecule has 0 fully saturated rings. The molecular weight excluding hydrogens is 312 g/mol. The topological polar surface area (TPSA) is 64.4 Å². The van der Waals surface area contributed by atoms with E-state index in [1.165, 1.54) is 0 Å². The number of hydrogen-bond acceptors (Lipinski definition) is 3.